The standard InChI is InChI=1S/C15H14Cl2N4O/c1-9-13(17)8-21(20-9)10(2)15-19-18-14(22-15)7-11-3-5-12(16)6-4-11/h3-6,8,10H,7H2,1-2H3. The van der Waals surface area contributed by atoms with Crippen molar-refractivity contribution in [1.29, 1.82) is 0 Å². The van der Waals surface area contributed by atoms with E-state index in [4.69, 9.17) is 27.6 Å². The molecule has 3 aromatic rings. The van der Waals surface area contributed by atoms with E-state index in [-0.39, 0.29) is 6.04 Å². The highest BCUT2D eigenvalue weighted by Crippen LogP contribution is 2.21. The number of halogens is 2. The van der Waals surface area contributed by atoms with Crippen LogP contribution in [0.1, 0.15) is 36.0 Å². The van der Waals surface area contributed by atoms with E-state index in [1.807, 2.05) is 38.1 Å². The molecule has 0 aliphatic rings. The number of benzene rings is 1. The Morgan fingerprint density at radius 1 is 1.18 bits per heavy atom. The van der Waals surface area contributed by atoms with E-state index in [9.17, 15) is 0 Å². The summed E-state index contributed by atoms with van der Waals surface area (Å²) in [5, 5.41) is 13.8. The molecule has 22 heavy (non-hydrogen) atoms. The van der Waals surface area contributed by atoms with Crippen LogP contribution in [0.25, 0.3) is 0 Å². The molecule has 2 aromatic heterocycles. The lowest BCUT2D eigenvalue weighted by atomic mass is 10.1. The van der Waals surface area contributed by atoms with E-state index in [1.165, 1.54) is 0 Å². The summed E-state index contributed by atoms with van der Waals surface area (Å²) in [4.78, 5) is 0. The first kappa shape index (κ1) is 15.1. The third kappa shape index (κ3) is 3.15. The van der Waals surface area contributed by atoms with Gasteiger partial charge in [-0.15, -0.1) is 10.2 Å². The van der Waals surface area contributed by atoms with Crippen LogP contribution in [-0.2, 0) is 6.42 Å². The van der Waals surface area contributed by atoms with Crippen LogP contribution >= 0.6 is 23.2 Å². The van der Waals surface area contributed by atoms with Gasteiger partial charge in [-0.05, 0) is 31.5 Å². The number of rotatable bonds is 4. The second-order valence-corrected chi connectivity index (χ2v) is 5.90. The Morgan fingerprint density at radius 2 is 1.91 bits per heavy atom. The summed E-state index contributed by atoms with van der Waals surface area (Å²) in [5.74, 6) is 1.06. The van der Waals surface area contributed by atoms with Crippen LogP contribution in [-0.4, -0.2) is 20.0 Å². The summed E-state index contributed by atoms with van der Waals surface area (Å²) in [5.41, 5.74) is 1.83. The van der Waals surface area contributed by atoms with Crippen LogP contribution < -0.4 is 0 Å². The predicted octanol–water partition coefficient (Wildman–Crippen LogP) is 4.08. The van der Waals surface area contributed by atoms with Crippen LogP contribution in [0.4, 0.5) is 0 Å². The number of aryl methyl sites for hydroxylation is 1. The van der Waals surface area contributed by atoms with Gasteiger partial charge in [0.1, 0.15) is 6.04 Å². The number of nitrogens with zero attached hydrogens (tertiary/aromatic N) is 4. The van der Waals surface area contributed by atoms with Crippen LogP contribution in [0, 0.1) is 6.92 Å². The molecule has 7 heteroatoms. The smallest absolute Gasteiger partial charge is 0.240 e. The Morgan fingerprint density at radius 3 is 2.55 bits per heavy atom. The van der Waals surface area contributed by atoms with Crippen molar-refractivity contribution < 1.29 is 4.42 Å². The number of aromatic nitrogens is 4. The van der Waals surface area contributed by atoms with E-state index >= 15 is 0 Å². The second kappa shape index (κ2) is 6.10. The first-order valence-electron chi connectivity index (χ1n) is 6.81. The molecule has 0 N–H and O–H groups in total. The molecular weight excluding hydrogens is 323 g/mol. The number of hydrogen-bond acceptors (Lipinski definition) is 4. The topological polar surface area (TPSA) is 56.7 Å². The fourth-order valence-electron chi connectivity index (χ4n) is 2.05. The van der Waals surface area contributed by atoms with Crippen molar-refractivity contribution in [3.05, 3.63) is 63.5 Å². The van der Waals surface area contributed by atoms with Gasteiger partial charge in [-0.1, -0.05) is 35.3 Å². The lowest BCUT2D eigenvalue weighted by Crippen LogP contribution is -2.07. The van der Waals surface area contributed by atoms with E-state index in [2.05, 4.69) is 15.3 Å². The zero-order chi connectivity index (χ0) is 15.7. The fraction of sp³-hybridized carbons (Fsp3) is 0.267. The third-order valence-electron chi connectivity index (χ3n) is 3.36. The van der Waals surface area contributed by atoms with Crippen molar-refractivity contribution >= 4 is 23.2 Å². The fourth-order valence-corrected chi connectivity index (χ4v) is 2.32. The van der Waals surface area contributed by atoms with Gasteiger partial charge in [0, 0.05) is 11.2 Å². The van der Waals surface area contributed by atoms with Crippen LogP contribution in [0.15, 0.2) is 34.9 Å². The van der Waals surface area contributed by atoms with Gasteiger partial charge < -0.3 is 4.42 Å². The van der Waals surface area contributed by atoms with Gasteiger partial charge in [-0.25, -0.2) is 0 Å². The zero-order valence-electron chi connectivity index (χ0n) is 12.1. The minimum Gasteiger partial charge on any atom is -0.423 e. The maximum Gasteiger partial charge on any atom is 0.240 e. The summed E-state index contributed by atoms with van der Waals surface area (Å²) in [6.45, 7) is 3.79. The molecule has 1 unspecified atom stereocenters. The quantitative estimate of drug-likeness (QED) is 0.720. The second-order valence-electron chi connectivity index (χ2n) is 5.06. The summed E-state index contributed by atoms with van der Waals surface area (Å²) in [6, 6.07) is 7.38. The molecule has 0 bridgehead atoms. The molecule has 0 amide bonds. The van der Waals surface area contributed by atoms with E-state index in [1.54, 1.807) is 10.9 Å². The van der Waals surface area contributed by atoms with Gasteiger partial charge in [0.15, 0.2) is 0 Å². The normalized spacial score (nSPS) is 12.5. The van der Waals surface area contributed by atoms with Crippen LogP contribution in [0.5, 0.6) is 0 Å². The highest BCUT2D eigenvalue weighted by atomic mass is 35.5. The maximum absolute atomic E-state index is 6.03. The lowest BCUT2D eigenvalue weighted by molar-refractivity contribution is 0.391. The van der Waals surface area contributed by atoms with Gasteiger partial charge in [-0.2, -0.15) is 5.10 Å². The highest BCUT2D eigenvalue weighted by Gasteiger charge is 2.18. The molecule has 1 atom stereocenters. The first-order chi connectivity index (χ1) is 10.5. The van der Waals surface area contributed by atoms with Crippen molar-refractivity contribution in [1.82, 2.24) is 20.0 Å². The van der Waals surface area contributed by atoms with Crippen LogP contribution in [0.2, 0.25) is 10.0 Å². The van der Waals surface area contributed by atoms with E-state index < -0.39 is 0 Å². The molecule has 0 fully saturated rings. The Bertz CT molecular complexity index is 760. The van der Waals surface area contributed by atoms with E-state index in [0.29, 0.717) is 28.2 Å². The first-order valence-corrected chi connectivity index (χ1v) is 7.56. The Labute approximate surface area is 137 Å². The minimum atomic E-state index is -0.169. The predicted molar refractivity (Wildman–Crippen MR) is 84.3 cm³/mol. The maximum atomic E-state index is 6.03. The van der Waals surface area contributed by atoms with Crippen molar-refractivity contribution in [2.45, 2.75) is 26.3 Å². The molecule has 3 rings (SSSR count). The van der Waals surface area contributed by atoms with E-state index in [0.717, 1.165) is 11.3 Å². The summed E-state index contributed by atoms with van der Waals surface area (Å²) in [6.07, 6.45) is 2.32. The summed E-state index contributed by atoms with van der Waals surface area (Å²) in [7, 11) is 0. The van der Waals surface area contributed by atoms with Gasteiger partial charge in [0.05, 0.1) is 17.1 Å². The molecule has 0 aliphatic carbocycles. The Hall–Kier alpha value is -1.85. The Kier molecular flexibility index (Phi) is 4.18. The van der Waals surface area contributed by atoms with Crippen LogP contribution in [0.3, 0.4) is 0 Å². The van der Waals surface area contributed by atoms with Gasteiger partial charge >= 0.3 is 0 Å². The SMILES string of the molecule is Cc1nn(C(C)c2nnc(Cc3ccc(Cl)cc3)o2)cc1Cl. The van der Waals surface area contributed by atoms with Crippen molar-refractivity contribution in [3.63, 3.8) is 0 Å². The van der Waals surface area contributed by atoms with Crippen molar-refractivity contribution in [2.75, 3.05) is 0 Å². The molecular formula is C15H14Cl2N4O. The molecule has 0 saturated heterocycles. The minimum absolute atomic E-state index is 0.169. The number of hydrogen-bond donors (Lipinski definition) is 0. The largest absolute Gasteiger partial charge is 0.423 e. The molecule has 114 valence electrons. The summed E-state index contributed by atoms with van der Waals surface area (Å²) >= 11 is 11.9. The molecule has 1 aromatic carbocycles. The molecule has 0 saturated carbocycles. The molecule has 0 spiro atoms. The molecule has 0 radical (unpaired) electrons. The zero-order valence-corrected chi connectivity index (χ0v) is 13.6. The summed E-state index contributed by atoms with van der Waals surface area (Å²) < 4.78 is 7.44. The Balaban J connectivity index is 1.76. The third-order valence-corrected chi connectivity index (χ3v) is 3.99. The average Bonchev–Trinajstić information content (AvgIpc) is 3.08. The lowest BCUT2D eigenvalue weighted by Gasteiger charge is -2.06. The van der Waals surface area contributed by atoms with Gasteiger partial charge in [0.25, 0.3) is 0 Å². The van der Waals surface area contributed by atoms with Gasteiger partial charge in [-0.3, -0.25) is 4.68 Å². The molecule has 2 heterocycles. The van der Waals surface area contributed by atoms with Gasteiger partial charge in [0.2, 0.25) is 11.8 Å². The van der Waals surface area contributed by atoms with Crippen molar-refractivity contribution in [2.24, 2.45) is 0 Å². The average molecular weight is 337 g/mol. The highest BCUT2D eigenvalue weighted by molar-refractivity contribution is 6.31. The molecule has 0 aliphatic heterocycles. The van der Waals surface area contributed by atoms with Crippen molar-refractivity contribution in [3.8, 4) is 0 Å². The molecule has 5 nitrogen and oxygen atoms in total. The monoisotopic (exact) mass is 336 g/mol.